The molecule has 0 atom stereocenters. The maximum Gasteiger partial charge on any atom is 0.0777 e. The molecule has 0 saturated carbocycles. The molecule has 1 aliphatic rings. The molecule has 0 bridgehead atoms. The summed E-state index contributed by atoms with van der Waals surface area (Å²) in [4.78, 5) is 1.19. The first-order chi connectivity index (χ1) is 4.92. The van der Waals surface area contributed by atoms with Crippen LogP contribution in [0.4, 0.5) is 0 Å². The van der Waals surface area contributed by atoms with Crippen molar-refractivity contribution in [2.75, 3.05) is 0 Å². The van der Waals surface area contributed by atoms with Crippen LogP contribution in [-0.2, 0) is 19.4 Å². The van der Waals surface area contributed by atoms with E-state index >= 15 is 0 Å². The third kappa shape index (κ3) is 0.796. The molecule has 10 heavy (non-hydrogen) atoms. The highest BCUT2D eigenvalue weighted by molar-refractivity contribution is 7.10. The average Bonchev–Trinajstić information content (AvgIpc) is 2.44. The quantitative estimate of drug-likeness (QED) is 0.653. The van der Waals surface area contributed by atoms with Gasteiger partial charge in [0.2, 0.25) is 0 Å². The van der Waals surface area contributed by atoms with Crippen LogP contribution < -0.4 is 0 Å². The summed E-state index contributed by atoms with van der Waals surface area (Å²) < 4.78 is 0. The third-order valence-corrected chi connectivity index (χ3v) is 3.15. The number of aliphatic hydroxyl groups excluding tert-OH is 1. The number of hydrogen-bond acceptors (Lipinski definition) is 2. The minimum atomic E-state index is 0.236. The van der Waals surface area contributed by atoms with Crippen molar-refractivity contribution in [3.05, 3.63) is 21.4 Å². The normalized spacial score (nSPS) is 15.7. The molecular weight excluding hydrogens is 144 g/mol. The lowest BCUT2D eigenvalue weighted by atomic mass is 10.2. The van der Waals surface area contributed by atoms with Gasteiger partial charge < -0.3 is 5.11 Å². The van der Waals surface area contributed by atoms with E-state index in [9.17, 15) is 0 Å². The monoisotopic (exact) mass is 154 g/mol. The van der Waals surface area contributed by atoms with Crippen LogP contribution in [-0.4, -0.2) is 5.11 Å². The second-order valence-electron chi connectivity index (χ2n) is 2.67. The molecule has 0 unspecified atom stereocenters. The topological polar surface area (TPSA) is 20.2 Å². The van der Waals surface area contributed by atoms with E-state index in [2.05, 4.69) is 5.38 Å². The predicted molar refractivity (Wildman–Crippen MR) is 42.3 cm³/mol. The Kier molecular flexibility index (Phi) is 1.51. The van der Waals surface area contributed by atoms with E-state index in [1.54, 1.807) is 11.3 Å². The Hall–Kier alpha value is -0.340. The molecule has 54 valence electrons. The number of aliphatic hydroxyl groups is 1. The molecule has 1 heterocycles. The fraction of sp³-hybridized carbons (Fsp3) is 0.500. The highest BCUT2D eigenvalue weighted by Crippen LogP contribution is 2.30. The van der Waals surface area contributed by atoms with E-state index in [4.69, 9.17) is 5.11 Å². The second kappa shape index (κ2) is 2.36. The number of aryl methyl sites for hydroxylation is 1. The van der Waals surface area contributed by atoms with Gasteiger partial charge in [-0.25, -0.2) is 0 Å². The Morgan fingerprint density at radius 1 is 1.50 bits per heavy atom. The maximum atomic E-state index is 8.90. The molecule has 1 aliphatic carbocycles. The summed E-state index contributed by atoms with van der Waals surface area (Å²) in [5, 5.41) is 11.1. The Labute approximate surface area is 64.3 Å². The summed E-state index contributed by atoms with van der Waals surface area (Å²) in [6, 6.07) is 0. The largest absolute Gasteiger partial charge is 0.391 e. The van der Waals surface area contributed by atoms with Crippen LogP contribution in [0.5, 0.6) is 0 Å². The minimum absolute atomic E-state index is 0.236. The molecule has 2 heteroatoms. The van der Waals surface area contributed by atoms with Gasteiger partial charge in [-0.3, -0.25) is 0 Å². The number of hydrogen-bond donors (Lipinski definition) is 1. The van der Waals surface area contributed by atoms with Crippen molar-refractivity contribution in [1.29, 1.82) is 0 Å². The van der Waals surface area contributed by atoms with Crippen LogP contribution in [0.15, 0.2) is 5.38 Å². The van der Waals surface area contributed by atoms with Gasteiger partial charge in [0.15, 0.2) is 0 Å². The van der Waals surface area contributed by atoms with Gasteiger partial charge in [-0.2, -0.15) is 0 Å². The van der Waals surface area contributed by atoms with Gasteiger partial charge in [-0.1, -0.05) is 0 Å². The van der Waals surface area contributed by atoms with Gasteiger partial charge in [-0.05, 0) is 35.8 Å². The van der Waals surface area contributed by atoms with Crippen LogP contribution in [0.3, 0.4) is 0 Å². The second-order valence-corrected chi connectivity index (χ2v) is 3.64. The van der Waals surface area contributed by atoms with Gasteiger partial charge in [0, 0.05) is 4.88 Å². The lowest BCUT2D eigenvalue weighted by Crippen LogP contribution is -1.83. The molecular formula is C8H10OS. The zero-order valence-corrected chi connectivity index (χ0v) is 6.58. The third-order valence-electron chi connectivity index (χ3n) is 2.08. The van der Waals surface area contributed by atoms with Crippen LogP contribution in [0.2, 0.25) is 0 Å². The van der Waals surface area contributed by atoms with E-state index in [0.29, 0.717) is 0 Å². The Balaban J connectivity index is 2.44. The van der Waals surface area contributed by atoms with Gasteiger partial charge in [-0.15, -0.1) is 11.3 Å². The molecule has 0 amide bonds. The number of fused-ring (bicyclic) bond motifs is 1. The summed E-state index contributed by atoms with van der Waals surface area (Å²) in [5.41, 5.74) is 2.92. The van der Waals surface area contributed by atoms with Gasteiger partial charge >= 0.3 is 0 Å². The lowest BCUT2D eigenvalue weighted by molar-refractivity contribution is 0.284. The maximum absolute atomic E-state index is 8.90. The van der Waals surface area contributed by atoms with Gasteiger partial charge in [0.25, 0.3) is 0 Å². The molecule has 1 aromatic rings. The first-order valence-electron chi connectivity index (χ1n) is 3.61. The van der Waals surface area contributed by atoms with Crippen LogP contribution in [0.25, 0.3) is 0 Å². The molecule has 1 aromatic heterocycles. The first-order valence-corrected chi connectivity index (χ1v) is 4.49. The number of thiophene rings is 1. The van der Waals surface area contributed by atoms with E-state index in [0.717, 1.165) is 0 Å². The molecule has 0 aliphatic heterocycles. The summed E-state index contributed by atoms with van der Waals surface area (Å²) in [7, 11) is 0. The molecule has 1 N–H and O–H groups in total. The van der Waals surface area contributed by atoms with Crippen molar-refractivity contribution < 1.29 is 5.11 Å². The molecule has 0 radical (unpaired) electrons. The summed E-state index contributed by atoms with van der Waals surface area (Å²) in [6.07, 6.45) is 3.70. The Bertz CT molecular complexity index is 239. The SMILES string of the molecule is OCc1scc2c1CCC2. The Morgan fingerprint density at radius 2 is 2.40 bits per heavy atom. The van der Waals surface area contributed by atoms with Crippen molar-refractivity contribution in [1.82, 2.24) is 0 Å². The first kappa shape index (κ1) is 6.38. The van der Waals surface area contributed by atoms with Crippen molar-refractivity contribution in [2.45, 2.75) is 25.9 Å². The van der Waals surface area contributed by atoms with Crippen molar-refractivity contribution in [2.24, 2.45) is 0 Å². The predicted octanol–water partition coefficient (Wildman–Crippen LogP) is 1.73. The van der Waals surface area contributed by atoms with Crippen LogP contribution >= 0.6 is 11.3 Å². The molecule has 0 saturated heterocycles. The highest BCUT2D eigenvalue weighted by Gasteiger charge is 2.15. The highest BCUT2D eigenvalue weighted by atomic mass is 32.1. The van der Waals surface area contributed by atoms with E-state index in [1.165, 1.54) is 35.3 Å². The molecule has 0 fully saturated rings. The lowest BCUT2D eigenvalue weighted by Gasteiger charge is -1.92. The zero-order valence-electron chi connectivity index (χ0n) is 5.76. The van der Waals surface area contributed by atoms with E-state index in [1.807, 2.05) is 0 Å². The van der Waals surface area contributed by atoms with E-state index < -0.39 is 0 Å². The Morgan fingerprint density at radius 3 is 3.20 bits per heavy atom. The smallest absolute Gasteiger partial charge is 0.0777 e. The standard InChI is InChI=1S/C8H10OS/c9-4-8-7-3-1-2-6(7)5-10-8/h5,9H,1-4H2. The van der Waals surface area contributed by atoms with E-state index in [-0.39, 0.29) is 6.61 Å². The fourth-order valence-electron chi connectivity index (χ4n) is 1.56. The van der Waals surface area contributed by atoms with Crippen molar-refractivity contribution in [3.8, 4) is 0 Å². The van der Waals surface area contributed by atoms with Crippen LogP contribution in [0.1, 0.15) is 22.4 Å². The van der Waals surface area contributed by atoms with Gasteiger partial charge in [0.05, 0.1) is 6.61 Å². The van der Waals surface area contributed by atoms with Crippen molar-refractivity contribution >= 4 is 11.3 Å². The summed E-state index contributed by atoms with van der Waals surface area (Å²) in [6.45, 7) is 0.236. The van der Waals surface area contributed by atoms with Crippen molar-refractivity contribution in [3.63, 3.8) is 0 Å². The molecule has 2 rings (SSSR count). The fourth-order valence-corrected chi connectivity index (χ4v) is 2.56. The van der Waals surface area contributed by atoms with Gasteiger partial charge in [0.1, 0.15) is 0 Å². The number of rotatable bonds is 1. The summed E-state index contributed by atoms with van der Waals surface area (Å²) in [5.74, 6) is 0. The molecule has 1 nitrogen and oxygen atoms in total. The molecule has 0 spiro atoms. The zero-order chi connectivity index (χ0) is 6.97. The summed E-state index contributed by atoms with van der Waals surface area (Å²) >= 11 is 1.70. The van der Waals surface area contributed by atoms with Crippen LogP contribution in [0, 0.1) is 0 Å². The average molecular weight is 154 g/mol. The molecule has 0 aromatic carbocycles. The minimum Gasteiger partial charge on any atom is -0.391 e.